The zero-order valence-electron chi connectivity index (χ0n) is 12.9. The summed E-state index contributed by atoms with van der Waals surface area (Å²) in [5, 5.41) is 3.73. The summed E-state index contributed by atoms with van der Waals surface area (Å²) < 4.78 is 5.62. The van der Waals surface area contributed by atoms with Gasteiger partial charge in [0.1, 0.15) is 0 Å². The van der Waals surface area contributed by atoms with Gasteiger partial charge < -0.3 is 10.1 Å². The molecule has 0 amide bonds. The van der Waals surface area contributed by atoms with E-state index in [1.807, 2.05) is 0 Å². The van der Waals surface area contributed by atoms with E-state index in [-0.39, 0.29) is 0 Å². The number of likely N-dealkylation sites (N-methyl/N-ethyl adjacent to an activating group) is 1. The van der Waals surface area contributed by atoms with Crippen LogP contribution in [0.4, 0.5) is 0 Å². The highest BCUT2D eigenvalue weighted by Crippen LogP contribution is 2.31. The van der Waals surface area contributed by atoms with Gasteiger partial charge in [0, 0.05) is 31.8 Å². The van der Waals surface area contributed by atoms with Crippen molar-refractivity contribution >= 4 is 0 Å². The van der Waals surface area contributed by atoms with E-state index in [0.717, 1.165) is 38.3 Å². The Morgan fingerprint density at radius 1 is 1.16 bits per heavy atom. The molecule has 0 aromatic rings. The van der Waals surface area contributed by atoms with Crippen LogP contribution >= 0.6 is 0 Å². The fraction of sp³-hybridized carbons (Fsp3) is 1.00. The van der Waals surface area contributed by atoms with Crippen LogP contribution in [0.15, 0.2) is 0 Å². The minimum Gasteiger partial charge on any atom is -0.380 e. The minimum atomic E-state index is 0.705. The van der Waals surface area contributed by atoms with Crippen LogP contribution in [0, 0.1) is 5.92 Å². The number of ether oxygens (including phenoxy) is 1. The Morgan fingerprint density at radius 3 is 2.84 bits per heavy atom. The highest BCUT2D eigenvalue weighted by molar-refractivity contribution is 4.91. The maximum atomic E-state index is 5.62. The lowest BCUT2D eigenvalue weighted by atomic mass is 9.79. The zero-order valence-corrected chi connectivity index (χ0v) is 12.9. The lowest BCUT2D eigenvalue weighted by Crippen LogP contribution is -2.53. The summed E-state index contributed by atoms with van der Waals surface area (Å²) in [6, 6.07) is 1.45. The fourth-order valence-corrected chi connectivity index (χ4v) is 3.90. The van der Waals surface area contributed by atoms with Crippen molar-refractivity contribution in [3.8, 4) is 0 Å². The van der Waals surface area contributed by atoms with Gasteiger partial charge in [-0.2, -0.15) is 0 Å². The molecule has 3 unspecified atom stereocenters. The third-order valence-electron chi connectivity index (χ3n) is 4.81. The molecule has 112 valence electrons. The molecular formula is C16H32N2O. The molecule has 0 aromatic carbocycles. The molecule has 1 saturated carbocycles. The van der Waals surface area contributed by atoms with Crippen molar-refractivity contribution in [3.63, 3.8) is 0 Å². The third kappa shape index (κ3) is 4.44. The van der Waals surface area contributed by atoms with Crippen molar-refractivity contribution in [1.29, 1.82) is 0 Å². The molecular weight excluding hydrogens is 236 g/mol. The van der Waals surface area contributed by atoms with Crippen molar-refractivity contribution in [3.05, 3.63) is 0 Å². The fourth-order valence-electron chi connectivity index (χ4n) is 3.90. The first-order chi connectivity index (χ1) is 9.35. The second-order valence-corrected chi connectivity index (χ2v) is 6.20. The van der Waals surface area contributed by atoms with Gasteiger partial charge in [0.15, 0.2) is 0 Å². The average molecular weight is 268 g/mol. The van der Waals surface area contributed by atoms with Crippen LogP contribution in [-0.4, -0.2) is 49.8 Å². The third-order valence-corrected chi connectivity index (χ3v) is 4.81. The van der Waals surface area contributed by atoms with Gasteiger partial charge in [0.2, 0.25) is 0 Å². The molecule has 3 atom stereocenters. The highest BCUT2D eigenvalue weighted by atomic mass is 16.5. The topological polar surface area (TPSA) is 24.5 Å². The molecule has 3 nitrogen and oxygen atoms in total. The van der Waals surface area contributed by atoms with Crippen LogP contribution in [0.1, 0.15) is 52.4 Å². The van der Waals surface area contributed by atoms with E-state index < -0.39 is 0 Å². The van der Waals surface area contributed by atoms with Crippen molar-refractivity contribution in [2.75, 3.05) is 32.8 Å². The molecule has 1 heterocycles. The molecule has 0 bridgehead atoms. The molecule has 2 rings (SSSR count). The van der Waals surface area contributed by atoms with E-state index in [2.05, 4.69) is 24.1 Å². The predicted molar refractivity (Wildman–Crippen MR) is 80.5 cm³/mol. The largest absolute Gasteiger partial charge is 0.380 e. The smallest absolute Gasteiger partial charge is 0.0593 e. The summed E-state index contributed by atoms with van der Waals surface area (Å²) in [5.41, 5.74) is 0. The molecule has 0 spiro atoms. The lowest BCUT2D eigenvalue weighted by Gasteiger charge is -2.42. The number of nitrogens with zero attached hydrogens (tertiary/aromatic N) is 1. The minimum absolute atomic E-state index is 0.705. The first-order valence-electron chi connectivity index (χ1n) is 8.40. The normalized spacial score (nSPS) is 34.1. The van der Waals surface area contributed by atoms with Gasteiger partial charge in [-0.15, -0.1) is 0 Å². The first kappa shape index (κ1) is 15.3. The van der Waals surface area contributed by atoms with E-state index in [9.17, 15) is 0 Å². The van der Waals surface area contributed by atoms with Crippen molar-refractivity contribution in [1.82, 2.24) is 10.2 Å². The molecule has 0 radical (unpaired) electrons. The summed E-state index contributed by atoms with van der Waals surface area (Å²) in [6.45, 7) is 9.90. The van der Waals surface area contributed by atoms with E-state index in [0.29, 0.717) is 6.04 Å². The Hall–Kier alpha value is -0.120. The molecule has 1 N–H and O–H groups in total. The van der Waals surface area contributed by atoms with Gasteiger partial charge in [0.05, 0.1) is 6.61 Å². The van der Waals surface area contributed by atoms with Crippen LogP contribution in [-0.2, 0) is 4.74 Å². The zero-order chi connectivity index (χ0) is 13.5. The summed E-state index contributed by atoms with van der Waals surface area (Å²) >= 11 is 0. The summed E-state index contributed by atoms with van der Waals surface area (Å²) in [5.74, 6) is 0.953. The van der Waals surface area contributed by atoms with Crippen LogP contribution < -0.4 is 5.32 Å². The van der Waals surface area contributed by atoms with Crippen LogP contribution in [0.2, 0.25) is 0 Å². The number of rotatable bonds is 5. The quantitative estimate of drug-likeness (QED) is 0.829. The van der Waals surface area contributed by atoms with Crippen LogP contribution in [0.5, 0.6) is 0 Å². The van der Waals surface area contributed by atoms with E-state index >= 15 is 0 Å². The van der Waals surface area contributed by atoms with E-state index in [4.69, 9.17) is 4.74 Å². The Balaban J connectivity index is 1.96. The summed E-state index contributed by atoms with van der Waals surface area (Å²) in [6.07, 6.45) is 8.14. The number of hydrogen-bond acceptors (Lipinski definition) is 3. The number of hydrogen-bond donors (Lipinski definition) is 1. The van der Waals surface area contributed by atoms with Gasteiger partial charge in [-0.05, 0) is 38.1 Å². The monoisotopic (exact) mass is 268 g/mol. The Morgan fingerprint density at radius 2 is 2.05 bits per heavy atom. The van der Waals surface area contributed by atoms with Gasteiger partial charge in [-0.25, -0.2) is 0 Å². The molecule has 0 aromatic heterocycles. The number of nitrogens with one attached hydrogen (secondary N) is 1. The van der Waals surface area contributed by atoms with Crippen molar-refractivity contribution in [2.45, 2.75) is 64.5 Å². The Kier molecular flexibility index (Phi) is 6.62. The highest BCUT2D eigenvalue weighted by Gasteiger charge is 2.33. The van der Waals surface area contributed by atoms with Gasteiger partial charge in [-0.3, -0.25) is 4.90 Å². The first-order valence-corrected chi connectivity index (χ1v) is 8.40. The molecule has 1 aliphatic heterocycles. The lowest BCUT2D eigenvalue weighted by molar-refractivity contribution is 0.0852. The molecule has 1 aliphatic carbocycles. The van der Waals surface area contributed by atoms with E-state index in [1.54, 1.807) is 0 Å². The van der Waals surface area contributed by atoms with Gasteiger partial charge >= 0.3 is 0 Å². The van der Waals surface area contributed by atoms with Crippen LogP contribution in [0.3, 0.4) is 0 Å². The maximum absolute atomic E-state index is 5.62. The van der Waals surface area contributed by atoms with Crippen molar-refractivity contribution < 1.29 is 4.74 Å². The summed E-state index contributed by atoms with van der Waals surface area (Å²) in [4.78, 5) is 2.71. The van der Waals surface area contributed by atoms with Crippen LogP contribution in [0.25, 0.3) is 0 Å². The molecule has 1 saturated heterocycles. The summed E-state index contributed by atoms with van der Waals surface area (Å²) in [7, 11) is 0. The second kappa shape index (κ2) is 8.23. The Bertz CT molecular complexity index is 239. The van der Waals surface area contributed by atoms with Crippen molar-refractivity contribution in [2.24, 2.45) is 5.92 Å². The standard InChI is InChI=1S/C16H32N2O/c1-3-6-14-7-8-15(17-4-2)16(13-14)18-9-5-11-19-12-10-18/h14-17H,3-13H2,1-2H3. The molecule has 2 fully saturated rings. The van der Waals surface area contributed by atoms with Gasteiger partial charge in [-0.1, -0.05) is 26.7 Å². The average Bonchev–Trinajstić information content (AvgIpc) is 2.70. The van der Waals surface area contributed by atoms with E-state index in [1.165, 1.54) is 45.1 Å². The molecule has 3 heteroatoms. The Labute approximate surface area is 119 Å². The SMILES string of the molecule is CCCC1CCC(NCC)C(N2CCCOCC2)C1. The molecule has 19 heavy (non-hydrogen) atoms. The predicted octanol–water partition coefficient (Wildman–Crippen LogP) is 2.66. The second-order valence-electron chi connectivity index (χ2n) is 6.20. The molecule has 2 aliphatic rings. The van der Waals surface area contributed by atoms with Gasteiger partial charge in [0.25, 0.3) is 0 Å². The maximum Gasteiger partial charge on any atom is 0.0593 e.